The average molecular weight is 339 g/mol. The lowest BCUT2D eigenvalue weighted by atomic mass is 10.2. The number of hydrogen-bond donors (Lipinski definition) is 2. The summed E-state index contributed by atoms with van der Waals surface area (Å²) in [7, 11) is -3.66. The molecule has 0 aliphatic heterocycles. The number of aliphatic hydroxyl groups is 1. The minimum Gasteiger partial charge on any atom is -0.391 e. The molecule has 2 heterocycles. The van der Waals surface area contributed by atoms with Crippen molar-refractivity contribution >= 4 is 42.8 Å². The molecule has 0 saturated heterocycles. The number of rotatable bonds is 5. The summed E-state index contributed by atoms with van der Waals surface area (Å²) < 4.78 is 28.6. The van der Waals surface area contributed by atoms with Crippen LogP contribution in [0.1, 0.15) is 9.75 Å². The molecule has 0 bridgehead atoms. The molecule has 21 heavy (non-hydrogen) atoms. The first-order valence-electron chi connectivity index (χ1n) is 6.25. The Hall–Kier alpha value is -1.25. The van der Waals surface area contributed by atoms with Crippen LogP contribution >= 0.6 is 22.7 Å². The van der Waals surface area contributed by atoms with Gasteiger partial charge in [0.2, 0.25) is 10.0 Å². The Morgan fingerprint density at radius 3 is 2.67 bits per heavy atom. The van der Waals surface area contributed by atoms with Crippen LogP contribution in [0, 0.1) is 0 Å². The molecule has 0 aliphatic rings. The maximum Gasteiger partial charge on any atom is 0.242 e. The average Bonchev–Trinajstić information content (AvgIpc) is 3.12. The van der Waals surface area contributed by atoms with Gasteiger partial charge in [0.1, 0.15) is 4.90 Å². The lowest BCUT2D eigenvalue weighted by molar-refractivity contribution is 0.283. The molecule has 2 aromatic heterocycles. The van der Waals surface area contributed by atoms with Crippen molar-refractivity contribution in [2.75, 3.05) is 0 Å². The van der Waals surface area contributed by atoms with Crippen molar-refractivity contribution in [3.8, 4) is 0 Å². The predicted molar refractivity (Wildman–Crippen MR) is 86.1 cm³/mol. The van der Waals surface area contributed by atoms with Crippen molar-refractivity contribution in [2.45, 2.75) is 18.0 Å². The first-order valence-corrected chi connectivity index (χ1v) is 9.43. The van der Waals surface area contributed by atoms with Crippen molar-refractivity contribution < 1.29 is 13.5 Å². The van der Waals surface area contributed by atoms with Crippen LogP contribution in [-0.4, -0.2) is 13.5 Å². The minimum atomic E-state index is -3.66. The van der Waals surface area contributed by atoms with E-state index in [9.17, 15) is 13.5 Å². The lowest BCUT2D eigenvalue weighted by Crippen LogP contribution is -2.23. The second-order valence-corrected chi connectivity index (χ2v) is 8.29. The Balaban J connectivity index is 2.01. The van der Waals surface area contributed by atoms with Crippen LogP contribution < -0.4 is 4.72 Å². The van der Waals surface area contributed by atoms with Crippen molar-refractivity contribution in [3.05, 3.63) is 51.5 Å². The molecule has 110 valence electrons. The standard InChI is InChI=1S/C14H13NO3S3/c16-9-13-14(11-5-1-2-6-12(11)20-13)21(17,18)15-8-10-4-3-7-19-10/h1-7,15-16H,8-9H2. The molecule has 0 aliphatic carbocycles. The third-order valence-electron chi connectivity index (χ3n) is 3.05. The highest BCUT2D eigenvalue weighted by molar-refractivity contribution is 7.90. The summed E-state index contributed by atoms with van der Waals surface area (Å²) in [6, 6.07) is 11.0. The summed E-state index contributed by atoms with van der Waals surface area (Å²) in [5.74, 6) is 0. The quantitative estimate of drug-likeness (QED) is 0.751. The van der Waals surface area contributed by atoms with E-state index in [1.54, 1.807) is 12.1 Å². The fourth-order valence-corrected chi connectivity index (χ4v) is 5.66. The van der Waals surface area contributed by atoms with Gasteiger partial charge in [-0.3, -0.25) is 0 Å². The molecule has 0 radical (unpaired) electrons. The van der Waals surface area contributed by atoms with E-state index in [2.05, 4.69) is 4.72 Å². The van der Waals surface area contributed by atoms with Gasteiger partial charge >= 0.3 is 0 Å². The SMILES string of the molecule is O=S(=O)(NCc1cccs1)c1c(CO)sc2ccccc12. The molecular weight excluding hydrogens is 326 g/mol. The van der Waals surface area contributed by atoms with Gasteiger partial charge in [0.05, 0.1) is 11.5 Å². The topological polar surface area (TPSA) is 66.4 Å². The normalized spacial score (nSPS) is 12.0. The van der Waals surface area contributed by atoms with Crippen molar-refractivity contribution in [1.29, 1.82) is 0 Å². The molecule has 2 N–H and O–H groups in total. The summed E-state index contributed by atoms with van der Waals surface area (Å²) in [5.41, 5.74) is 0. The Labute approximate surface area is 130 Å². The Morgan fingerprint density at radius 1 is 1.14 bits per heavy atom. The largest absolute Gasteiger partial charge is 0.391 e. The van der Waals surface area contributed by atoms with Gasteiger partial charge in [-0.1, -0.05) is 24.3 Å². The number of nitrogens with one attached hydrogen (secondary N) is 1. The van der Waals surface area contributed by atoms with Crippen LogP contribution in [0.4, 0.5) is 0 Å². The van der Waals surface area contributed by atoms with Crippen LogP contribution in [-0.2, 0) is 23.2 Å². The van der Waals surface area contributed by atoms with E-state index in [1.807, 2.05) is 29.6 Å². The van der Waals surface area contributed by atoms with Crippen LogP contribution in [0.15, 0.2) is 46.7 Å². The third kappa shape index (κ3) is 2.88. The van der Waals surface area contributed by atoms with Crippen molar-refractivity contribution in [3.63, 3.8) is 0 Å². The van der Waals surface area contributed by atoms with Crippen molar-refractivity contribution in [1.82, 2.24) is 4.72 Å². The zero-order valence-electron chi connectivity index (χ0n) is 10.9. The van der Waals surface area contributed by atoms with Gasteiger partial charge in [-0.15, -0.1) is 22.7 Å². The molecule has 0 fully saturated rings. The predicted octanol–water partition coefficient (Wildman–Crippen LogP) is 2.93. The Kier molecular flexibility index (Phi) is 4.10. The number of aliphatic hydroxyl groups excluding tert-OH is 1. The number of thiophene rings is 2. The summed E-state index contributed by atoms with van der Waals surface area (Å²) in [4.78, 5) is 1.61. The lowest BCUT2D eigenvalue weighted by Gasteiger charge is -2.06. The van der Waals surface area contributed by atoms with Crippen molar-refractivity contribution in [2.24, 2.45) is 0 Å². The second kappa shape index (κ2) is 5.86. The highest BCUT2D eigenvalue weighted by Gasteiger charge is 2.23. The van der Waals surface area contributed by atoms with Crippen LogP contribution in [0.3, 0.4) is 0 Å². The smallest absolute Gasteiger partial charge is 0.242 e. The maximum atomic E-state index is 12.6. The first-order chi connectivity index (χ1) is 10.1. The van der Waals surface area contributed by atoms with Gasteiger partial charge in [-0.2, -0.15) is 0 Å². The van der Waals surface area contributed by atoms with Crippen LogP contribution in [0.5, 0.6) is 0 Å². The molecule has 0 unspecified atom stereocenters. The summed E-state index contributed by atoms with van der Waals surface area (Å²) >= 11 is 2.81. The Morgan fingerprint density at radius 2 is 1.95 bits per heavy atom. The highest BCUT2D eigenvalue weighted by atomic mass is 32.2. The third-order valence-corrected chi connectivity index (χ3v) is 6.74. The zero-order chi connectivity index (χ0) is 14.9. The van der Waals surface area contributed by atoms with E-state index in [-0.39, 0.29) is 18.0 Å². The van der Waals surface area contributed by atoms with Gasteiger partial charge in [0, 0.05) is 21.5 Å². The molecule has 0 saturated carbocycles. The van der Waals surface area contributed by atoms with E-state index in [1.165, 1.54) is 22.7 Å². The first kappa shape index (κ1) is 14.7. The van der Waals surface area contributed by atoms with Gasteiger partial charge in [-0.05, 0) is 17.5 Å². The van der Waals surface area contributed by atoms with Crippen LogP contribution in [0.2, 0.25) is 0 Å². The zero-order valence-corrected chi connectivity index (χ0v) is 13.4. The molecular formula is C14H13NO3S3. The molecule has 4 nitrogen and oxygen atoms in total. The van der Waals surface area contributed by atoms with Gasteiger partial charge in [-0.25, -0.2) is 13.1 Å². The van der Waals surface area contributed by atoms with Gasteiger partial charge in [0.15, 0.2) is 0 Å². The Bertz CT molecular complexity index is 851. The number of sulfonamides is 1. The fourth-order valence-electron chi connectivity index (χ4n) is 2.12. The number of fused-ring (bicyclic) bond motifs is 1. The second-order valence-electron chi connectivity index (χ2n) is 4.41. The number of hydrogen-bond acceptors (Lipinski definition) is 5. The molecule has 0 atom stereocenters. The monoisotopic (exact) mass is 339 g/mol. The molecule has 0 spiro atoms. The molecule has 3 rings (SSSR count). The molecule has 1 aromatic carbocycles. The van der Waals surface area contributed by atoms with Crippen LogP contribution in [0.25, 0.3) is 10.1 Å². The van der Waals surface area contributed by atoms with Gasteiger partial charge in [0.25, 0.3) is 0 Å². The minimum absolute atomic E-state index is 0.196. The van der Waals surface area contributed by atoms with E-state index >= 15 is 0 Å². The van der Waals surface area contributed by atoms with E-state index in [4.69, 9.17) is 0 Å². The fraction of sp³-hybridized carbons (Fsp3) is 0.143. The summed E-state index contributed by atoms with van der Waals surface area (Å²) in [5, 5.41) is 12.0. The van der Waals surface area contributed by atoms with E-state index in [0.717, 1.165) is 9.58 Å². The molecule has 0 amide bonds. The van der Waals surface area contributed by atoms with E-state index in [0.29, 0.717) is 10.3 Å². The molecule has 3 aromatic rings. The summed E-state index contributed by atoms with van der Waals surface area (Å²) in [6.07, 6.45) is 0. The van der Waals surface area contributed by atoms with Gasteiger partial charge < -0.3 is 5.11 Å². The van der Waals surface area contributed by atoms with E-state index < -0.39 is 10.0 Å². The molecule has 7 heteroatoms. The maximum absolute atomic E-state index is 12.6. The summed E-state index contributed by atoms with van der Waals surface area (Å²) in [6.45, 7) is -0.0242. The number of benzene rings is 1. The highest BCUT2D eigenvalue weighted by Crippen LogP contribution is 2.34.